The third-order valence-corrected chi connectivity index (χ3v) is 4.46. The molecule has 0 radical (unpaired) electrons. The van der Waals surface area contributed by atoms with Crippen molar-refractivity contribution in [3.05, 3.63) is 64.2 Å². The number of hydrogen-bond acceptors (Lipinski definition) is 4. The van der Waals surface area contributed by atoms with Crippen molar-refractivity contribution in [2.24, 2.45) is 0 Å². The molecule has 2 aromatic rings. The lowest BCUT2D eigenvalue weighted by Crippen LogP contribution is -2.15. The highest BCUT2D eigenvalue weighted by Crippen LogP contribution is 2.24. The second-order valence-corrected chi connectivity index (χ2v) is 7.46. The van der Waals surface area contributed by atoms with Gasteiger partial charge in [-0.2, -0.15) is 0 Å². The van der Waals surface area contributed by atoms with Gasteiger partial charge in [0.05, 0.1) is 10.7 Å². The molecule has 0 heterocycles. The number of nitrogens with zero attached hydrogens (tertiary/aromatic N) is 1. The number of thioether (sulfide) groups is 1. The molecule has 2 rings (SSSR count). The van der Waals surface area contributed by atoms with Gasteiger partial charge in [0.1, 0.15) is 0 Å². The normalized spacial score (nSPS) is 11.1. The Balaban J connectivity index is 1.88. The number of benzene rings is 2. The number of rotatable bonds is 5. The average Bonchev–Trinajstić information content (AvgIpc) is 2.53. The molecule has 126 valence electrons. The average molecular weight is 344 g/mol. The Morgan fingerprint density at radius 2 is 1.67 bits per heavy atom. The van der Waals surface area contributed by atoms with Gasteiger partial charge in [-0.05, 0) is 35.2 Å². The van der Waals surface area contributed by atoms with E-state index in [2.05, 4.69) is 26.1 Å². The van der Waals surface area contributed by atoms with Gasteiger partial charge in [-0.15, -0.1) is 11.8 Å². The van der Waals surface area contributed by atoms with Crippen LogP contribution in [0, 0.1) is 10.1 Å². The predicted molar refractivity (Wildman–Crippen MR) is 97.6 cm³/mol. The van der Waals surface area contributed by atoms with E-state index < -0.39 is 4.92 Å². The Kier molecular flexibility index (Phi) is 5.62. The fourth-order valence-electron chi connectivity index (χ4n) is 2.06. The van der Waals surface area contributed by atoms with Crippen LogP contribution in [0.15, 0.2) is 53.4 Å². The SMILES string of the molecule is CC(C)(C)c1ccc(NC(=O)CSc2ccc([N+](=O)[O-])cc2)cc1. The van der Waals surface area contributed by atoms with Crippen LogP contribution in [0.2, 0.25) is 0 Å². The minimum atomic E-state index is -0.442. The van der Waals surface area contributed by atoms with Crippen molar-refractivity contribution in [2.75, 3.05) is 11.1 Å². The van der Waals surface area contributed by atoms with Crippen molar-refractivity contribution in [1.29, 1.82) is 0 Å². The maximum Gasteiger partial charge on any atom is 0.269 e. The van der Waals surface area contributed by atoms with E-state index in [-0.39, 0.29) is 22.8 Å². The van der Waals surface area contributed by atoms with Gasteiger partial charge in [0.25, 0.3) is 5.69 Å². The van der Waals surface area contributed by atoms with Gasteiger partial charge in [-0.25, -0.2) is 0 Å². The van der Waals surface area contributed by atoms with Gasteiger partial charge in [-0.1, -0.05) is 32.9 Å². The topological polar surface area (TPSA) is 72.2 Å². The third kappa shape index (κ3) is 5.09. The van der Waals surface area contributed by atoms with Gasteiger partial charge in [0.15, 0.2) is 0 Å². The van der Waals surface area contributed by atoms with E-state index in [9.17, 15) is 14.9 Å². The van der Waals surface area contributed by atoms with Gasteiger partial charge >= 0.3 is 0 Å². The molecule has 0 atom stereocenters. The van der Waals surface area contributed by atoms with Crippen molar-refractivity contribution >= 4 is 29.0 Å². The van der Waals surface area contributed by atoms with Crippen molar-refractivity contribution in [3.8, 4) is 0 Å². The highest BCUT2D eigenvalue weighted by atomic mass is 32.2. The zero-order valence-electron chi connectivity index (χ0n) is 13.9. The number of hydrogen-bond donors (Lipinski definition) is 1. The van der Waals surface area contributed by atoms with Crippen LogP contribution in [-0.4, -0.2) is 16.6 Å². The van der Waals surface area contributed by atoms with E-state index in [1.54, 1.807) is 12.1 Å². The maximum absolute atomic E-state index is 12.0. The molecule has 0 bridgehead atoms. The Labute approximate surface area is 145 Å². The lowest BCUT2D eigenvalue weighted by molar-refractivity contribution is -0.384. The molecule has 0 aliphatic rings. The summed E-state index contributed by atoms with van der Waals surface area (Å²) in [5.74, 6) is 0.139. The highest BCUT2D eigenvalue weighted by molar-refractivity contribution is 8.00. The first-order chi connectivity index (χ1) is 11.3. The minimum Gasteiger partial charge on any atom is -0.325 e. The number of non-ortho nitro benzene ring substituents is 1. The summed E-state index contributed by atoms with van der Waals surface area (Å²) in [6, 6.07) is 14.0. The molecular weight excluding hydrogens is 324 g/mol. The number of carbonyl (C=O) groups is 1. The van der Waals surface area contributed by atoms with E-state index in [0.29, 0.717) is 0 Å². The fourth-order valence-corrected chi connectivity index (χ4v) is 2.76. The van der Waals surface area contributed by atoms with Gasteiger partial charge < -0.3 is 5.32 Å². The first kappa shape index (κ1) is 18.0. The molecule has 0 saturated carbocycles. The molecule has 0 aromatic heterocycles. The molecule has 0 saturated heterocycles. The third-order valence-electron chi connectivity index (χ3n) is 3.45. The number of nitro groups is 1. The Hall–Kier alpha value is -2.34. The van der Waals surface area contributed by atoms with Crippen LogP contribution < -0.4 is 5.32 Å². The zero-order chi connectivity index (χ0) is 17.7. The summed E-state index contributed by atoms with van der Waals surface area (Å²) in [5, 5.41) is 13.5. The summed E-state index contributed by atoms with van der Waals surface area (Å²) in [6.45, 7) is 6.42. The first-order valence-corrected chi connectivity index (χ1v) is 8.52. The summed E-state index contributed by atoms with van der Waals surface area (Å²) >= 11 is 1.34. The summed E-state index contributed by atoms with van der Waals surface area (Å²) in [5.41, 5.74) is 2.09. The molecule has 2 aromatic carbocycles. The molecule has 6 heteroatoms. The van der Waals surface area contributed by atoms with Crippen LogP contribution >= 0.6 is 11.8 Å². The van der Waals surface area contributed by atoms with Crippen LogP contribution in [0.1, 0.15) is 26.3 Å². The largest absolute Gasteiger partial charge is 0.325 e. The molecule has 0 aliphatic heterocycles. The van der Waals surface area contributed by atoms with Crippen molar-refractivity contribution < 1.29 is 9.72 Å². The van der Waals surface area contributed by atoms with Crippen LogP contribution in [-0.2, 0) is 10.2 Å². The van der Waals surface area contributed by atoms with E-state index in [1.165, 1.54) is 29.5 Å². The maximum atomic E-state index is 12.0. The van der Waals surface area contributed by atoms with E-state index in [1.807, 2.05) is 24.3 Å². The standard InChI is InChI=1S/C18H20N2O3S/c1-18(2,3)13-4-6-14(7-5-13)19-17(21)12-24-16-10-8-15(9-11-16)20(22)23/h4-11H,12H2,1-3H3,(H,19,21). The highest BCUT2D eigenvalue weighted by Gasteiger charge is 2.13. The van der Waals surface area contributed by atoms with Crippen molar-refractivity contribution in [3.63, 3.8) is 0 Å². The summed E-state index contributed by atoms with van der Waals surface area (Å²) < 4.78 is 0. The smallest absolute Gasteiger partial charge is 0.269 e. The second kappa shape index (κ2) is 7.49. The Bertz CT molecular complexity index is 719. The quantitative estimate of drug-likeness (QED) is 0.488. The van der Waals surface area contributed by atoms with E-state index in [0.717, 1.165) is 10.6 Å². The van der Waals surface area contributed by atoms with Crippen LogP contribution in [0.3, 0.4) is 0 Å². The van der Waals surface area contributed by atoms with Gasteiger partial charge in [0, 0.05) is 22.7 Å². The van der Waals surface area contributed by atoms with Crippen LogP contribution in [0.4, 0.5) is 11.4 Å². The number of carbonyl (C=O) groups excluding carboxylic acids is 1. The molecule has 0 aliphatic carbocycles. The fraction of sp³-hybridized carbons (Fsp3) is 0.278. The molecule has 24 heavy (non-hydrogen) atoms. The number of nitro benzene ring substituents is 1. The second-order valence-electron chi connectivity index (χ2n) is 6.42. The van der Waals surface area contributed by atoms with Gasteiger partial charge in [-0.3, -0.25) is 14.9 Å². The zero-order valence-corrected chi connectivity index (χ0v) is 14.7. The van der Waals surface area contributed by atoms with Crippen molar-refractivity contribution in [1.82, 2.24) is 0 Å². The van der Waals surface area contributed by atoms with Crippen molar-refractivity contribution in [2.45, 2.75) is 31.1 Å². The lowest BCUT2D eigenvalue weighted by atomic mass is 9.87. The molecule has 0 spiro atoms. The monoisotopic (exact) mass is 344 g/mol. The predicted octanol–water partition coefficient (Wildman–Crippen LogP) is 4.62. The number of nitrogens with one attached hydrogen (secondary N) is 1. The summed E-state index contributed by atoms with van der Waals surface area (Å²) in [7, 11) is 0. The lowest BCUT2D eigenvalue weighted by Gasteiger charge is -2.19. The molecule has 1 N–H and O–H groups in total. The first-order valence-electron chi connectivity index (χ1n) is 7.53. The molecular formula is C18H20N2O3S. The molecule has 1 amide bonds. The summed E-state index contributed by atoms with van der Waals surface area (Å²) in [4.78, 5) is 23.0. The van der Waals surface area contributed by atoms with E-state index in [4.69, 9.17) is 0 Å². The molecule has 0 unspecified atom stereocenters. The summed E-state index contributed by atoms with van der Waals surface area (Å²) in [6.07, 6.45) is 0. The van der Waals surface area contributed by atoms with Gasteiger partial charge in [0.2, 0.25) is 5.91 Å². The van der Waals surface area contributed by atoms with Crippen LogP contribution in [0.25, 0.3) is 0 Å². The molecule has 5 nitrogen and oxygen atoms in total. The molecule has 0 fully saturated rings. The number of anilines is 1. The minimum absolute atomic E-state index is 0.0442. The van der Waals surface area contributed by atoms with Crippen LogP contribution in [0.5, 0.6) is 0 Å². The Morgan fingerprint density at radius 3 is 2.17 bits per heavy atom. The Morgan fingerprint density at radius 1 is 1.08 bits per heavy atom. The number of amides is 1. The van der Waals surface area contributed by atoms with E-state index >= 15 is 0 Å².